The number of carbonyl (C=O) groups is 2. The minimum atomic E-state index is -0.723. The molecule has 0 aliphatic carbocycles. The first-order valence-electron chi connectivity index (χ1n) is 9.32. The van der Waals surface area contributed by atoms with Crippen molar-refractivity contribution in [2.45, 2.75) is 45.2 Å². The molecule has 0 aromatic carbocycles. The monoisotopic (exact) mass is 421 g/mol. The number of H-pyrrole nitrogens is 1. The second-order valence-electron chi connectivity index (χ2n) is 7.00. The predicted molar refractivity (Wildman–Crippen MR) is 104 cm³/mol. The summed E-state index contributed by atoms with van der Waals surface area (Å²) in [5.74, 6) is -0.352. The quantitative estimate of drug-likeness (QED) is 0.643. The van der Waals surface area contributed by atoms with Crippen molar-refractivity contribution in [1.29, 1.82) is 0 Å². The standard InChI is InChI=1S/C17H23N7O4S/c1-11-20-21-14(29-11)7-15(26)22(2)9-12-5-3-4-6-23(12)16(27)10-24-17(28)19-13(25)8-18-24/h8,12H,3-7,9-10H2,1-2H3,(H,19,25,28)/t12-/m1/s1. The molecule has 3 heterocycles. The number of aromatic nitrogens is 5. The number of rotatable bonds is 6. The number of likely N-dealkylation sites (tertiary alicyclic amines) is 1. The molecule has 1 fully saturated rings. The summed E-state index contributed by atoms with van der Waals surface area (Å²) in [5, 5.41) is 13.1. The van der Waals surface area contributed by atoms with Gasteiger partial charge in [0.05, 0.1) is 6.42 Å². The van der Waals surface area contributed by atoms with Crippen molar-refractivity contribution in [2.75, 3.05) is 20.1 Å². The summed E-state index contributed by atoms with van der Waals surface area (Å²) in [6, 6.07) is -0.139. The molecule has 2 aromatic rings. The number of aryl methyl sites for hydroxylation is 1. The van der Waals surface area contributed by atoms with Crippen LogP contribution in [0.5, 0.6) is 0 Å². The van der Waals surface area contributed by atoms with Crippen LogP contribution in [0.2, 0.25) is 0 Å². The van der Waals surface area contributed by atoms with E-state index in [2.05, 4.69) is 20.3 Å². The molecule has 0 radical (unpaired) electrons. The molecule has 0 saturated carbocycles. The van der Waals surface area contributed by atoms with Gasteiger partial charge in [-0.25, -0.2) is 9.48 Å². The highest BCUT2D eigenvalue weighted by molar-refractivity contribution is 7.11. The zero-order valence-corrected chi connectivity index (χ0v) is 17.1. The summed E-state index contributed by atoms with van der Waals surface area (Å²) < 4.78 is 0.933. The van der Waals surface area contributed by atoms with E-state index < -0.39 is 11.2 Å². The topological polar surface area (TPSA) is 134 Å². The number of hydrogen-bond donors (Lipinski definition) is 1. The molecule has 29 heavy (non-hydrogen) atoms. The Labute approximate surface area is 170 Å². The Bertz CT molecular complexity index is 998. The summed E-state index contributed by atoms with van der Waals surface area (Å²) in [4.78, 5) is 53.6. The lowest BCUT2D eigenvalue weighted by atomic mass is 10.0. The van der Waals surface area contributed by atoms with Gasteiger partial charge in [0.25, 0.3) is 5.56 Å². The van der Waals surface area contributed by atoms with Gasteiger partial charge in [-0.15, -0.1) is 21.5 Å². The second-order valence-corrected chi connectivity index (χ2v) is 8.27. The van der Waals surface area contributed by atoms with Crippen LogP contribution in [0.3, 0.4) is 0 Å². The van der Waals surface area contributed by atoms with Crippen molar-refractivity contribution in [3.63, 3.8) is 0 Å². The van der Waals surface area contributed by atoms with Gasteiger partial charge in [-0.05, 0) is 26.2 Å². The lowest BCUT2D eigenvalue weighted by Gasteiger charge is -2.37. The Balaban J connectivity index is 1.63. The molecule has 3 rings (SSSR count). The second kappa shape index (κ2) is 9.07. The maximum absolute atomic E-state index is 12.8. The highest BCUT2D eigenvalue weighted by Crippen LogP contribution is 2.19. The summed E-state index contributed by atoms with van der Waals surface area (Å²) in [7, 11) is 1.71. The van der Waals surface area contributed by atoms with Crippen LogP contribution in [-0.2, 0) is 22.6 Å². The number of nitrogens with one attached hydrogen (secondary N) is 1. The first kappa shape index (κ1) is 20.8. The van der Waals surface area contributed by atoms with E-state index in [4.69, 9.17) is 0 Å². The van der Waals surface area contributed by atoms with Crippen molar-refractivity contribution in [1.82, 2.24) is 34.8 Å². The third-order valence-corrected chi connectivity index (χ3v) is 5.63. The van der Waals surface area contributed by atoms with Gasteiger partial charge in [0, 0.05) is 26.2 Å². The number of carbonyl (C=O) groups excluding carboxylic acids is 2. The number of aromatic amines is 1. The van der Waals surface area contributed by atoms with Gasteiger partial charge in [-0.3, -0.25) is 19.4 Å². The fraction of sp³-hybridized carbons (Fsp3) is 0.588. The number of piperidine rings is 1. The number of hydrogen-bond acceptors (Lipinski definition) is 8. The van der Waals surface area contributed by atoms with Crippen molar-refractivity contribution in [3.05, 3.63) is 37.1 Å². The van der Waals surface area contributed by atoms with Gasteiger partial charge >= 0.3 is 5.69 Å². The predicted octanol–water partition coefficient (Wildman–Crippen LogP) is -0.826. The van der Waals surface area contributed by atoms with Crippen LogP contribution in [0.1, 0.15) is 29.3 Å². The normalized spacial score (nSPS) is 16.6. The molecular formula is C17H23N7O4S. The highest BCUT2D eigenvalue weighted by Gasteiger charge is 2.29. The van der Waals surface area contributed by atoms with Gasteiger partial charge in [0.15, 0.2) is 0 Å². The molecule has 1 N–H and O–H groups in total. The minimum Gasteiger partial charge on any atom is -0.343 e. The van der Waals surface area contributed by atoms with Crippen LogP contribution in [0, 0.1) is 6.92 Å². The van der Waals surface area contributed by atoms with E-state index in [-0.39, 0.29) is 30.8 Å². The van der Waals surface area contributed by atoms with Crippen molar-refractivity contribution in [2.24, 2.45) is 0 Å². The molecule has 12 heteroatoms. The Morgan fingerprint density at radius 3 is 2.79 bits per heavy atom. The first-order chi connectivity index (χ1) is 13.8. The van der Waals surface area contributed by atoms with E-state index in [1.54, 1.807) is 16.8 Å². The van der Waals surface area contributed by atoms with Crippen molar-refractivity contribution in [3.8, 4) is 0 Å². The van der Waals surface area contributed by atoms with Crippen molar-refractivity contribution >= 4 is 23.2 Å². The molecule has 1 aliphatic rings. The zero-order valence-electron chi connectivity index (χ0n) is 16.3. The van der Waals surface area contributed by atoms with Crippen LogP contribution in [-0.4, -0.2) is 72.8 Å². The zero-order chi connectivity index (χ0) is 21.0. The average Bonchev–Trinajstić information content (AvgIpc) is 3.09. The number of nitrogens with zero attached hydrogens (tertiary/aromatic N) is 6. The van der Waals surface area contributed by atoms with Gasteiger partial charge in [-0.1, -0.05) is 0 Å². The van der Waals surface area contributed by atoms with Gasteiger partial charge in [-0.2, -0.15) is 5.10 Å². The molecule has 11 nitrogen and oxygen atoms in total. The van der Waals surface area contributed by atoms with E-state index >= 15 is 0 Å². The molecule has 1 atom stereocenters. The lowest BCUT2D eigenvalue weighted by molar-refractivity contribution is -0.139. The summed E-state index contributed by atoms with van der Waals surface area (Å²) >= 11 is 1.39. The molecule has 1 saturated heterocycles. The average molecular weight is 421 g/mol. The Kier molecular flexibility index (Phi) is 6.52. The van der Waals surface area contributed by atoms with Crippen LogP contribution < -0.4 is 11.2 Å². The van der Waals surface area contributed by atoms with E-state index in [1.165, 1.54) is 11.3 Å². The summed E-state index contributed by atoms with van der Waals surface area (Å²) in [6.45, 7) is 2.53. The molecule has 0 spiro atoms. The summed E-state index contributed by atoms with van der Waals surface area (Å²) in [6.07, 6.45) is 3.74. The maximum atomic E-state index is 12.8. The van der Waals surface area contributed by atoms with Gasteiger partial charge < -0.3 is 9.80 Å². The first-order valence-corrected chi connectivity index (χ1v) is 10.1. The third-order valence-electron chi connectivity index (χ3n) is 4.79. The highest BCUT2D eigenvalue weighted by atomic mass is 32.1. The van der Waals surface area contributed by atoms with Crippen molar-refractivity contribution < 1.29 is 9.59 Å². The van der Waals surface area contributed by atoms with Gasteiger partial charge in [0.2, 0.25) is 11.8 Å². The molecule has 156 valence electrons. The van der Waals surface area contributed by atoms with Crippen LogP contribution in [0.15, 0.2) is 15.8 Å². The fourth-order valence-electron chi connectivity index (χ4n) is 3.32. The molecule has 2 aromatic heterocycles. The van der Waals surface area contributed by atoms with E-state index in [1.807, 2.05) is 6.92 Å². The number of amides is 2. The molecule has 2 amide bonds. The smallest absolute Gasteiger partial charge is 0.343 e. The molecular weight excluding hydrogens is 398 g/mol. The molecule has 1 aliphatic heterocycles. The minimum absolute atomic E-state index is 0.0855. The van der Waals surface area contributed by atoms with E-state index in [0.29, 0.717) is 18.1 Å². The Morgan fingerprint density at radius 1 is 1.31 bits per heavy atom. The lowest BCUT2D eigenvalue weighted by Crippen LogP contribution is -2.51. The van der Waals surface area contributed by atoms with E-state index in [9.17, 15) is 19.2 Å². The SMILES string of the molecule is Cc1nnc(CC(=O)N(C)C[C@H]2CCCCN2C(=O)Cn2ncc(=O)[nH]c2=O)s1. The van der Waals surface area contributed by atoms with E-state index in [0.717, 1.165) is 35.1 Å². The maximum Gasteiger partial charge on any atom is 0.345 e. The molecule has 0 bridgehead atoms. The molecule has 0 unspecified atom stereocenters. The largest absolute Gasteiger partial charge is 0.345 e. The Hall–Kier alpha value is -2.89. The summed E-state index contributed by atoms with van der Waals surface area (Å²) in [5.41, 5.74) is -1.33. The number of likely N-dealkylation sites (N-methyl/N-ethyl adjacent to an activating group) is 1. The van der Waals surface area contributed by atoms with Crippen LogP contribution >= 0.6 is 11.3 Å². The van der Waals surface area contributed by atoms with Crippen LogP contribution in [0.4, 0.5) is 0 Å². The van der Waals surface area contributed by atoms with Crippen LogP contribution in [0.25, 0.3) is 0 Å². The van der Waals surface area contributed by atoms with Gasteiger partial charge in [0.1, 0.15) is 22.8 Å². The Morgan fingerprint density at radius 2 is 2.10 bits per heavy atom. The fourth-order valence-corrected chi connectivity index (χ4v) is 4.02. The third kappa shape index (κ3) is 5.34.